The summed E-state index contributed by atoms with van der Waals surface area (Å²) in [4.78, 5) is 20.6. The molecule has 1 saturated heterocycles. The lowest BCUT2D eigenvalue weighted by Gasteiger charge is -2.40. The fourth-order valence-corrected chi connectivity index (χ4v) is 5.20. The molecule has 0 spiro atoms. The normalized spacial score (nSPS) is 16.8. The van der Waals surface area contributed by atoms with Crippen molar-refractivity contribution in [2.75, 3.05) is 31.1 Å². The average molecular weight is 438 g/mol. The van der Waals surface area contributed by atoms with Crippen molar-refractivity contribution < 1.29 is 4.79 Å². The van der Waals surface area contributed by atoms with Gasteiger partial charge < -0.3 is 14.8 Å². The maximum atomic E-state index is 12.9. The van der Waals surface area contributed by atoms with E-state index in [1.165, 1.54) is 5.69 Å². The van der Waals surface area contributed by atoms with Crippen LogP contribution in [0.2, 0.25) is 0 Å². The number of anilines is 1. The van der Waals surface area contributed by atoms with E-state index in [1.54, 1.807) is 11.9 Å². The molecule has 1 amide bonds. The predicted octanol–water partition coefficient (Wildman–Crippen LogP) is 2.31. The van der Waals surface area contributed by atoms with Gasteiger partial charge in [0.15, 0.2) is 0 Å². The monoisotopic (exact) mass is 437 g/mol. The van der Waals surface area contributed by atoms with Crippen molar-refractivity contribution >= 4 is 23.7 Å². The Hall–Kier alpha value is -2.78. The van der Waals surface area contributed by atoms with E-state index in [9.17, 15) is 4.79 Å². The lowest BCUT2D eigenvalue weighted by atomic mass is 10.00. The van der Waals surface area contributed by atoms with Crippen LogP contribution < -0.4 is 10.2 Å². The molecule has 0 saturated carbocycles. The van der Waals surface area contributed by atoms with Gasteiger partial charge in [0.05, 0.1) is 18.8 Å². The summed E-state index contributed by atoms with van der Waals surface area (Å²) in [5.74, 6) is 1.45. The first-order chi connectivity index (χ1) is 15.1. The molecule has 5 rings (SSSR count). The molecule has 8 nitrogen and oxygen atoms in total. The highest BCUT2D eigenvalue weighted by atomic mass is 32.2. The van der Waals surface area contributed by atoms with Crippen molar-refractivity contribution in [1.29, 1.82) is 0 Å². The lowest BCUT2D eigenvalue weighted by molar-refractivity contribution is 0.0936. The van der Waals surface area contributed by atoms with Gasteiger partial charge in [-0.05, 0) is 43.1 Å². The van der Waals surface area contributed by atoms with Gasteiger partial charge in [0.25, 0.3) is 5.91 Å². The minimum absolute atomic E-state index is 0.00884. The zero-order valence-corrected chi connectivity index (χ0v) is 18.7. The first kappa shape index (κ1) is 20.1. The summed E-state index contributed by atoms with van der Waals surface area (Å²) in [6.45, 7) is 7.30. The van der Waals surface area contributed by atoms with E-state index in [1.807, 2.05) is 48.3 Å². The molecule has 0 aliphatic carbocycles. The van der Waals surface area contributed by atoms with Gasteiger partial charge in [0, 0.05) is 62.1 Å². The molecule has 5 heterocycles. The lowest BCUT2D eigenvalue weighted by Crippen LogP contribution is -2.51. The molecule has 1 N–H and O–H groups in total. The van der Waals surface area contributed by atoms with Gasteiger partial charge in [-0.1, -0.05) is 6.07 Å². The van der Waals surface area contributed by atoms with Crippen LogP contribution in [0.1, 0.15) is 21.9 Å². The van der Waals surface area contributed by atoms with Gasteiger partial charge in [-0.25, -0.2) is 9.29 Å². The van der Waals surface area contributed by atoms with E-state index in [4.69, 9.17) is 0 Å². The summed E-state index contributed by atoms with van der Waals surface area (Å²) in [6.07, 6.45) is 3.67. The van der Waals surface area contributed by atoms with Gasteiger partial charge in [-0.2, -0.15) is 5.10 Å². The molecule has 2 aliphatic rings. The fourth-order valence-electron chi connectivity index (χ4n) is 4.11. The van der Waals surface area contributed by atoms with Crippen molar-refractivity contribution in [3.05, 3.63) is 59.8 Å². The van der Waals surface area contributed by atoms with Crippen LogP contribution in [-0.2, 0) is 20.1 Å². The molecule has 31 heavy (non-hydrogen) atoms. The minimum atomic E-state index is -0.00884. The number of hydrogen-bond donors (Lipinski definition) is 1. The van der Waals surface area contributed by atoms with E-state index < -0.39 is 0 Å². The van der Waals surface area contributed by atoms with Crippen LogP contribution in [0.3, 0.4) is 0 Å². The third-order valence-electron chi connectivity index (χ3n) is 6.13. The molecule has 0 bridgehead atoms. The largest absolute Gasteiger partial charge is 0.356 e. The Morgan fingerprint density at radius 1 is 1.23 bits per heavy atom. The van der Waals surface area contributed by atoms with E-state index >= 15 is 0 Å². The number of carbonyl (C=O) groups is 1. The van der Waals surface area contributed by atoms with E-state index in [0.717, 1.165) is 49.1 Å². The highest BCUT2D eigenvalue weighted by Crippen LogP contribution is 2.31. The Morgan fingerprint density at radius 2 is 2.10 bits per heavy atom. The molecule has 162 valence electrons. The van der Waals surface area contributed by atoms with Gasteiger partial charge in [-0.15, -0.1) is 0 Å². The summed E-state index contributed by atoms with van der Waals surface area (Å²) in [6, 6.07) is 10.0. The third kappa shape index (κ3) is 4.07. The van der Waals surface area contributed by atoms with Crippen LogP contribution in [-0.4, -0.2) is 55.7 Å². The summed E-state index contributed by atoms with van der Waals surface area (Å²) < 4.78 is 6.39. The van der Waals surface area contributed by atoms with Crippen molar-refractivity contribution in [3.63, 3.8) is 0 Å². The van der Waals surface area contributed by atoms with Crippen LogP contribution in [0, 0.1) is 12.8 Å². The van der Waals surface area contributed by atoms with Gasteiger partial charge in [-0.3, -0.25) is 9.48 Å². The number of fused-ring (bicyclic) bond motifs is 1. The van der Waals surface area contributed by atoms with Crippen molar-refractivity contribution in [1.82, 2.24) is 29.0 Å². The molecule has 0 unspecified atom stereocenters. The second-order valence-corrected chi connectivity index (χ2v) is 9.35. The minimum Gasteiger partial charge on any atom is -0.356 e. The van der Waals surface area contributed by atoms with Crippen LogP contribution in [0.25, 0.3) is 0 Å². The van der Waals surface area contributed by atoms with Crippen LogP contribution in [0.15, 0.2) is 47.6 Å². The first-order valence-corrected chi connectivity index (χ1v) is 11.4. The SMILES string of the molecule is Cc1c(SN2CCn3nccc3C2)cc(C(=O)NCC2CN(c3ccccn3)C2)n1C. The van der Waals surface area contributed by atoms with E-state index in [-0.39, 0.29) is 5.91 Å². The molecular formula is C22H27N7OS. The topological polar surface area (TPSA) is 71.2 Å². The fraction of sp³-hybridized carbons (Fsp3) is 0.409. The molecular weight excluding hydrogens is 410 g/mol. The standard InChI is InChI=1S/C22H27N7OS/c1-16-20(31-28-9-10-29-18(15-28)6-8-25-29)11-19(26(16)2)22(30)24-12-17-13-27(14-17)21-5-3-4-7-23-21/h3-8,11,17H,9-10,12-15H2,1-2H3,(H,24,30). The van der Waals surface area contributed by atoms with E-state index in [2.05, 4.69) is 42.3 Å². The number of nitrogens with zero attached hydrogens (tertiary/aromatic N) is 6. The Morgan fingerprint density at radius 3 is 2.90 bits per heavy atom. The quantitative estimate of drug-likeness (QED) is 0.597. The first-order valence-electron chi connectivity index (χ1n) is 10.6. The molecule has 0 radical (unpaired) electrons. The van der Waals surface area contributed by atoms with Crippen molar-refractivity contribution in [3.8, 4) is 0 Å². The molecule has 3 aromatic heterocycles. The number of amides is 1. The van der Waals surface area contributed by atoms with Crippen molar-refractivity contribution in [2.24, 2.45) is 13.0 Å². The predicted molar refractivity (Wildman–Crippen MR) is 121 cm³/mol. The number of pyridine rings is 1. The number of rotatable bonds is 6. The summed E-state index contributed by atoms with van der Waals surface area (Å²) >= 11 is 1.73. The number of nitrogens with one attached hydrogen (secondary N) is 1. The smallest absolute Gasteiger partial charge is 0.267 e. The summed E-state index contributed by atoms with van der Waals surface area (Å²) in [5.41, 5.74) is 3.05. The van der Waals surface area contributed by atoms with E-state index in [0.29, 0.717) is 18.2 Å². The second kappa shape index (κ2) is 8.39. The Labute approximate surface area is 186 Å². The Kier molecular flexibility index (Phi) is 5.45. The summed E-state index contributed by atoms with van der Waals surface area (Å²) in [7, 11) is 1.96. The zero-order chi connectivity index (χ0) is 21.4. The average Bonchev–Trinajstić information content (AvgIpc) is 3.33. The molecule has 0 aromatic carbocycles. The molecule has 9 heteroatoms. The Balaban J connectivity index is 1.16. The maximum absolute atomic E-state index is 12.9. The Bertz CT molecular complexity index is 1070. The zero-order valence-electron chi connectivity index (χ0n) is 17.9. The molecule has 0 atom stereocenters. The molecule has 1 fully saturated rings. The summed E-state index contributed by atoms with van der Waals surface area (Å²) in [5, 5.41) is 7.47. The second-order valence-electron chi connectivity index (χ2n) is 8.21. The van der Waals surface area contributed by atoms with Crippen molar-refractivity contribution in [2.45, 2.75) is 24.9 Å². The number of carbonyl (C=O) groups excluding carboxylic acids is 1. The van der Waals surface area contributed by atoms with Gasteiger partial charge in [0.1, 0.15) is 11.5 Å². The van der Waals surface area contributed by atoms with Crippen LogP contribution in [0.4, 0.5) is 5.82 Å². The van der Waals surface area contributed by atoms with Crippen LogP contribution >= 0.6 is 11.9 Å². The van der Waals surface area contributed by atoms with Gasteiger partial charge in [0.2, 0.25) is 0 Å². The molecule has 2 aliphatic heterocycles. The number of aromatic nitrogens is 4. The van der Waals surface area contributed by atoms with Crippen LogP contribution in [0.5, 0.6) is 0 Å². The molecule has 3 aromatic rings. The number of hydrogen-bond acceptors (Lipinski definition) is 6. The van der Waals surface area contributed by atoms with Gasteiger partial charge >= 0.3 is 0 Å². The maximum Gasteiger partial charge on any atom is 0.267 e. The highest BCUT2D eigenvalue weighted by Gasteiger charge is 2.28. The highest BCUT2D eigenvalue weighted by molar-refractivity contribution is 7.97. The third-order valence-corrected chi connectivity index (χ3v) is 7.31.